The molecule has 0 aliphatic carbocycles. The highest BCUT2D eigenvalue weighted by Crippen LogP contribution is 2.24. The molecule has 9 nitrogen and oxygen atoms in total. The molecule has 1 saturated heterocycles. The topological polar surface area (TPSA) is 114 Å². The number of aryl methyl sites for hydroxylation is 1. The van der Waals surface area contributed by atoms with E-state index in [1.165, 1.54) is 14.0 Å². The molecule has 1 N–H and O–H groups in total. The van der Waals surface area contributed by atoms with Crippen molar-refractivity contribution in [3.05, 3.63) is 4.60 Å². The van der Waals surface area contributed by atoms with Gasteiger partial charge in [0.15, 0.2) is 4.60 Å². The zero-order valence-corrected chi connectivity index (χ0v) is 12.4. The van der Waals surface area contributed by atoms with Crippen molar-refractivity contribution in [3.8, 4) is 0 Å². The van der Waals surface area contributed by atoms with E-state index in [9.17, 15) is 18.0 Å². The molecule has 0 spiro atoms. The Morgan fingerprint density at radius 3 is 2.58 bits per heavy atom. The second-order valence-electron chi connectivity index (χ2n) is 3.95. The smallest absolute Gasteiger partial charge is 0.264 e. The number of nitrogens with one attached hydrogen (secondary N) is 1. The Morgan fingerprint density at radius 2 is 2.05 bits per heavy atom. The number of nitrogens with zero attached hydrogens (tertiary/aromatic N) is 4. The Labute approximate surface area is 117 Å². The van der Waals surface area contributed by atoms with E-state index in [-0.39, 0.29) is 9.63 Å². The van der Waals surface area contributed by atoms with E-state index < -0.39 is 34.4 Å². The van der Waals surface area contributed by atoms with Crippen molar-refractivity contribution in [2.75, 3.05) is 6.54 Å². The average molecular weight is 352 g/mol. The molecule has 1 aromatic heterocycles. The third-order valence-electron chi connectivity index (χ3n) is 2.66. The predicted octanol–water partition coefficient (Wildman–Crippen LogP) is -1.39. The van der Waals surface area contributed by atoms with Gasteiger partial charge >= 0.3 is 0 Å². The summed E-state index contributed by atoms with van der Waals surface area (Å²) in [5, 5.41) is 9.01. The lowest BCUT2D eigenvalue weighted by Gasteiger charge is -2.30. The number of amides is 2. The van der Waals surface area contributed by atoms with Crippen molar-refractivity contribution in [1.82, 2.24) is 24.6 Å². The SMILES string of the molecule is CC1C(=O)NC(=O)CN1S(=O)(=O)c1c(Br)nnn1C. The zero-order chi connectivity index (χ0) is 14.4. The molecule has 2 heterocycles. The number of piperazine rings is 1. The van der Waals surface area contributed by atoms with E-state index in [2.05, 4.69) is 31.6 Å². The third-order valence-corrected chi connectivity index (χ3v) is 5.47. The number of sulfonamides is 1. The van der Waals surface area contributed by atoms with Gasteiger partial charge in [-0.2, -0.15) is 4.31 Å². The highest BCUT2D eigenvalue weighted by Gasteiger charge is 2.41. The molecule has 0 saturated carbocycles. The Morgan fingerprint density at radius 1 is 1.42 bits per heavy atom. The van der Waals surface area contributed by atoms with Gasteiger partial charge in [-0.15, -0.1) is 5.10 Å². The number of carbonyl (C=O) groups is 2. The first kappa shape index (κ1) is 14.1. The summed E-state index contributed by atoms with van der Waals surface area (Å²) < 4.78 is 26.8. The number of imide groups is 1. The van der Waals surface area contributed by atoms with E-state index in [1.54, 1.807) is 0 Å². The van der Waals surface area contributed by atoms with Crippen LogP contribution in [0.3, 0.4) is 0 Å². The summed E-state index contributed by atoms with van der Waals surface area (Å²) in [7, 11) is -2.65. The molecule has 1 fully saturated rings. The van der Waals surface area contributed by atoms with Crippen molar-refractivity contribution >= 4 is 37.8 Å². The minimum absolute atomic E-state index is 0.0284. The minimum atomic E-state index is -4.05. The molecule has 1 atom stereocenters. The van der Waals surface area contributed by atoms with E-state index in [0.717, 1.165) is 8.99 Å². The summed E-state index contributed by atoms with van der Waals surface area (Å²) in [5.74, 6) is -1.33. The first-order valence-corrected chi connectivity index (χ1v) is 7.39. The summed E-state index contributed by atoms with van der Waals surface area (Å²) >= 11 is 2.98. The van der Waals surface area contributed by atoms with Gasteiger partial charge in [-0.05, 0) is 22.9 Å². The molecule has 104 valence electrons. The molecule has 0 aromatic carbocycles. The average Bonchev–Trinajstić information content (AvgIpc) is 2.63. The van der Waals surface area contributed by atoms with Crippen LogP contribution in [-0.4, -0.2) is 52.1 Å². The maximum absolute atomic E-state index is 12.5. The molecule has 2 amide bonds. The first-order valence-electron chi connectivity index (χ1n) is 5.16. The molecule has 11 heteroatoms. The van der Waals surface area contributed by atoms with Crippen LogP contribution in [0.5, 0.6) is 0 Å². The molecule has 2 rings (SSSR count). The van der Waals surface area contributed by atoms with Gasteiger partial charge in [-0.25, -0.2) is 13.1 Å². The molecular formula is C8H10BrN5O4S. The molecular weight excluding hydrogens is 342 g/mol. The number of halogens is 1. The van der Waals surface area contributed by atoms with Crippen LogP contribution in [0.4, 0.5) is 0 Å². The summed E-state index contributed by atoms with van der Waals surface area (Å²) in [4.78, 5) is 22.8. The quantitative estimate of drug-likeness (QED) is 0.656. The number of hydrogen-bond acceptors (Lipinski definition) is 6. The van der Waals surface area contributed by atoms with Gasteiger partial charge in [-0.1, -0.05) is 5.21 Å². The van der Waals surface area contributed by atoms with Crippen LogP contribution < -0.4 is 5.32 Å². The van der Waals surface area contributed by atoms with Crippen molar-refractivity contribution in [1.29, 1.82) is 0 Å². The third kappa shape index (κ3) is 2.28. The van der Waals surface area contributed by atoms with Gasteiger partial charge in [-0.3, -0.25) is 14.9 Å². The highest BCUT2D eigenvalue weighted by molar-refractivity contribution is 9.10. The lowest BCUT2D eigenvalue weighted by Crippen LogP contribution is -2.58. The monoisotopic (exact) mass is 351 g/mol. The van der Waals surface area contributed by atoms with Gasteiger partial charge in [0.2, 0.25) is 16.8 Å². The number of aromatic nitrogens is 3. The van der Waals surface area contributed by atoms with Gasteiger partial charge < -0.3 is 0 Å². The van der Waals surface area contributed by atoms with Crippen LogP contribution in [0.25, 0.3) is 0 Å². The van der Waals surface area contributed by atoms with Crippen molar-refractivity contribution in [2.45, 2.75) is 18.0 Å². The van der Waals surface area contributed by atoms with Gasteiger partial charge in [0.25, 0.3) is 10.0 Å². The van der Waals surface area contributed by atoms with Crippen molar-refractivity contribution < 1.29 is 18.0 Å². The van der Waals surface area contributed by atoms with Crippen LogP contribution >= 0.6 is 15.9 Å². The summed E-state index contributed by atoms with van der Waals surface area (Å²) in [5.41, 5.74) is 0. The maximum Gasteiger partial charge on any atom is 0.264 e. The van der Waals surface area contributed by atoms with Crippen molar-refractivity contribution in [2.24, 2.45) is 7.05 Å². The van der Waals surface area contributed by atoms with Gasteiger partial charge in [0, 0.05) is 7.05 Å². The van der Waals surface area contributed by atoms with Crippen LogP contribution in [0.15, 0.2) is 9.63 Å². The van der Waals surface area contributed by atoms with E-state index in [0.29, 0.717) is 0 Å². The normalized spacial score (nSPS) is 21.5. The Balaban J connectivity index is 2.50. The maximum atomic E-state index is 12.5. The molecule has 1 aromatic rings. The number of rotatable bonds is 2. The van der Waals surface area contributed by atoms with Gasteiger partial charge in [0.05, 0.1) is 6.54 Å². The second kappa shape index (κ2) is 4.65. The first-order chi connectivity index (χ1) is 8.75. The molecule has 1 aliphatic rings. The van der Waals surface area contributed by atoms with E-state index in [4.69, 9.17) is 0 Å². The number of hydrogen-bond donors (Lipinski definition) is 1. The lowest BCUT2D eigenvalue weighted by molar-refractivity contribution is -0.136. The fraction of sp³-hybridized carbons (Fsp3) is 0.500. The van der Waals surface area contributed by atoms with Gasteiger partial charge in [0.1, 0.15) is 6.04 Å². The Hall–Kier alpha value is -1.33. The molecule has 1 unspecified atom stereocenters. The van der Waals surface area contributed by atoms with Crippen LogP contribution in [0, 0.1) is 0 Å². The minimum Gasteiger partial charge on any atom is -0.294 e. The molecule has 19 heavy (non-hydrogen) atoms. The zero-order valence-electron chi connectivity index (χ0n) is 9.99. The van der Waals surface area contributed by atoms with Crippen LogP contribution in [-0.2, 0) is 26.7 Å². The fourth-order valence-corrected chi connectivity index (χ4v) is 4.28. The van der Waals surface area contributed by atoms with E-state index >= 15 is 0 Å². The lowest BCUT2D eigenvalue weighted by atomic mass is 10.2. The van der Waals surface area contributed by atoms with Crippen molar-refractivity contribution in [3.63, 3.8) is 0 Å². The molecule has 1 aliphatic heterocycles. The predicted molar refractivity (Wildman–Crippen MR) is 65.2 cm³/mol. The largest absolute Gasteiger partial charge is 0.294 e. The fourth-order valence-electron chi connectivity index (χ4n) is 1.69. The Kier molecular flexibility index (Phi) is 3.45. The summed E-state index contributed by atoms with van der Waals surface area (Å²) in [6.45, 7) is 0.976. The van der Waals surface area contributed by atoms with E-state index in [1.807, 2.05) is 0 Å². The standard InChI is InChI=1S/C8H10BrN5O4S/c1-4-7(16)10-5(15)3-14(4)19(17,18)8-6(9)11-12-13(8)2/h4H,3H2,1-2H3,(H,10,15,16). The second-order valence-corrected chi connectivity index (χ2v) is 6.50. The highest BCUT2D eigenvalue weighted by atomic mass is 79.9. The molecule has 0 bridgehead atoms. The molecule has 0 radical (unpaired) electrons. The summed E-state index contributed by atoms with van der Waals surface area (Å²) in [6, 6.07) is -0.982. The van der Waals surface area contributed by atoms with Crippen LogP contribution in [0.1, 0.15) is 6.92 Å². The Bertz CT molecular complexity index is 635. The number of carbonyl (C=O) groups excluding carboxylic acids is 2. The summed E-state index contributed by atoms with van der Waals surface area (Å²) in [6.07, 6.45) is 0. The van der Waals surface area contributed by atoms with Crippen LogP contribution in [0.2, 0.25) is 0 Å².